The molecular weight excluding hydrogens is 512 g/mol. The van der Waals surface area contributed by atoms with Crippen LogP contribution in [-0.2, 0) is 0 Å². The van der Waals surface area contributed by atoms with E-state index in [-0.39, 0.29) is 0 Å². The van der Waals surface area contributed by atoms with Crippen molar-refractivity contribution in [2.24, 2.45) is 0 Å². The predicted molar refractivity (Wildman–Crippen MR) is 177 cm³/mol. The van der Waals surface area contributed by atoms with Gasteiger partial charge in [-0.25, -0.2) is 4.48 Å². The van der Waals surface area contributed by atoms with Gasteiger partial charge in [0.25, 0.3) is 0 Å². The van der Waals surface area contributed by atoms with E-state index in [0.717, 1.165) is 44.4 Å². The van der Waals surface area contributed by atoms with Crippen molar-refractivity contribution in [1.82, 2.24) is 4.48 Å². The van der Waals surface area contributed by atoms with Gasteiger partial charge in [0.1, 0.15) is 16.9 Å². The normalized spacial score (nSPS) is 16.4. The highest BCUT2D eigenvalue weighted by Crippen LogP contribution is 2.56. The molecule has 0 saturated carbocycles. The molecule has 198 valence electrons. The van der Waals surface area contributed by atoms with Crippen LogP contribution in [0.3, 0.4) is 0 Å². The summed E-state index contributed by atoms with van der Waals surface area (Å²) in [5, 5.41) is 5.97. The Bertz CT molecular complexity index is 2240. The number of fused-ring (bicyclic) bond motifs is 8. The van der Waals surface area contributed by atoms with Crippen LogP contribution in [-0.4, -0.2) is 7.05 Å². The van der Waals surface area contributed by atoms with Crippen molar-refractivity contribution in [1.29, 1.82) is 0 Å². The Hall–Kier alpha value is -5.38. The van der Waals surface area contributed by atoms with E-state index in [9.17, 15) is 0 Å². The SMILES string of the molecule is C[N+]1(c2ccccc2)c2ccccc2-c2cc(-c3ccc4c(c3)C=Cc3cc5oc6ccccc6c5cc3N4)ccc21. The summed E-state index contributed by atoms with van der Waals surface area (Å²) in [6.45, 7) is 0. The zero-order valence-corrected chi connectivity index (χ0v) is 23.1. The van der Waals surface area contributed by atoms with Gasteiger partial charge in [-0.2, -0.15) is 0 Å². The first kappa shape index (κ1) is 23.3. The standard InChI is InChI=1S/C39H27N2O/c1-41(29-9-3-2-4-10-29)36-13-7-5-11-30(36)32-22-26(18-20-37(32)41)25-17-19-34-27(21-25)15-16-28-23-39-33(24-35(28)40-34)31-12-6-8-14-38(31)42-39/h2-24,40H,1H3/q+1. The van der Waals surface area contributed by atoms with Gasteiger partial charge in [-0.3, -0.25) is 0 Å². The largest absolute Gasteiger partial charge is 0.456 e. The molecule has 1 N–H and O–H groups in total. The minimum atomic E-state index is 0.667. The first-order valence-corrected chi connectivity index (χ1v) is 14.4. The van der Waals surface area contributed by atoms with Crippen molar-refractivity contribution in [2.75, 3.05) is 12.4 Å². The molecule has 0 spiro atoms. The summed E-state index contributed by atoms with van der Waals surface area (Å²) in [6, 6.07) is 45.8. The van der Waals surface area contributed by atoms with Crippen molar-refractivity contribution >= 4 is 62.5 Å². The van der Waals surface area contributed by atoms with E-state index >= 15 is 0 Å². The van der Waals surface area contributed by atoms with E-state index in [1.807, 2.05) is 12.1 Å². The van der Waals surface area contributed by atoms with Crippen molar-refractivity contribution in [3.63, 3.8) is 0 Å². The van der Waals surface area contributed by atoms with Gasteiger partial charge in [0, 0.05) is 45.4 Å². The summed E-state index contributed by atoms with van der Waals surface area (Å²) in [4.78, 5) is 0. The molecule has 0 bridgehead atoms. The van der Waals surface area contributed by atoms with Crippen LogP contribution in [0.5, 0.6) is 0 Å². The van der Waals surface area contributed by atoms with Crippen LogP contribution in [0.15, 0.2) is 132 Å². The third-order valence-corrected chi connectivity index (χ3v) is 9.07. The second-order valence-corrected chi connectivity index (χ2v) is 11.4. The molecule has 7 aromatic rings. The number of hydrogen-bond donors (Lipinski definition) is 1. The lowest BCUT2D eigenvalue weighted by molar-refractivity contribution is 0.642. The molecule has 2 aliphatic heterocycles. The van der Waals surface area contributed by atoms with Crippen molar-refractivity contribution in [2.45, 2.75) is 0 Å². The Morgan fingerprint density at radius 3 is 2.14 bits per heavy atom. The molecule has 9 rings (SSSR count). The summed E-state index contributed by atoms with van der Waals surface area (Å²) in [5.41, 5.74) is 15.2. The average molecular weight is 540 g/mol. The highest BCUT2D eigenvalue weighted by molar-refractivity contribution is 6.08. The lowest BCUT2D eigenvalue weighted by Gasteiger charge is -2.30. The van der Waals surface area contributed by atoms with Gasteiger partial charge in [0.15, 0.2) is 11.4 Å². The Morgan fingerprint density at radius 1 is 0.524 bits per heavy atom. The zero-order chi connectivity index (χ0) is 27.8. The highest BCUT2D eigenvalue weighted by Gasteiger charge is 2.42. The number of anilines is 2. The van der Waals surface area contributed by atoms with E-state index in [0.29, 0.717) is 4.48 Å². The molecule has 3 heteroatoms. The number of quaternary nitrogens is 1. The molecule has 2 aliphatic rings. The van der Waals surface area contributed by atoms with Crippen molar-refractivity contribution in [3.8, 4) is 22.3 Å². The van der Waals surface area contributed by atoms with Crippen molar-refractivity contribution < 1.29 is 4.42 Å². The number of rotatable bonds is 2. The van der Waals surface area contributed by atoms with Crippen LogP contribution in [0.25, 0.3) is 56.3 Å². The summed E-state index contributed by atoms with van der Waals surface area (Å²) < 4.78 is 6.82. The molecule has 0 aliphatic carbocycles. The molecule has 3 nitrogen and oxygen atoms in total. The van der Waals surface area contributed by atoms with Gasteiger partial charge in [0.05, 0.1) is 12.6 Å². The van der Waals surface area contributed by atoms with E-state index in [1.165, 1.54) is 39.3 Å². The number of nitrogens with zero attached hydrogens (tertiary/aromatic N) is 1. The van der Waals surface area contributed by atoms with Crippen LogP contribution >= 0.6 is 0 Å². The topological polar surface area (TPSA) is 25.2 Å². The molecule has 42 heavy (non-hydrogen) atoms. The minimum Gasteiger partial charge on any atom is -0.456 e. The first-order chi connectivity index (χ1) is 20.7. The Balaban J connectivity index is 1.13. The summed E-state index contributed by atoms with van der Waals surface area (Å²) in [6.07, 6.45) is 4.39. The number of hydrogen-bond acceptors (Lipinski definition) is 2. The van der Waals surface area contributed by atoms with E-state index in [4.69, 9.17) is 4.42 Å². The molecule has 0 amide bonds. The Morgan fingerprint density at radius 2 is 1.24 bits per heavy atom. The van der Waals surface area contributed by atoms with Crippen LogP contribution in [0, 0.1) is 0 Å². The van der Waals surface area contributed by atoms with Crippen LogP contribution in [0.2, 0.25) is 0 Å². The highest BCUT2D eigenvalue weighted by atomic mass is 16.3. The quantitative estimate of drug-likeness (QED) is 0.221. The molecule has 6 aromatic carbocycles. The van der Waals surface area contributed by atoms with Gasteiger partial charge in [-0.1, -0.05) is 66.7 Å². The molecule has 3 heterocycles. The number of nitrogens with one attached hydrogen (secondary N) is 1. The number of benzene rings is 6. The monoisotopic (exact) mass is 539 g/mol. The lowest BCUT2D eigenvalue weighted by atomic mass is 9.97. The van der Waals surface area contributed by atoms with Gasteiger partial charge in [0.2, 0.25) is 0 Å². The zero-order valence-electron chi connectivity index (χ0n) is 23.1. The van der Waals surface area contributed by atoms with Crippen molar-refractivity contribution in [3.05, 3.63) is 139 Å². The van der Waals surface area contributed by atoms with Gasteiger partial charge < -0.3 is 9.73 Å². The molecule has 0 radical (unpaired) electrons. The smallest absolute Gasteiger partial charge is 0.151 e. The minimum absolute atomic E-state index is 0.667. The maximum atomic E-state index is 6.15. The molecule has 0 fully saturated rings. The third-order valence-electron chi connectivity index (χ3n) is 9.07. The fourth-order valence-electron chi connectivity index (χ4n) is 6.90. The second kappa shape index (κ2) is 8.56. The average Bonchev–Trinajstić information content (AvgIpc) is 3.45. The maximum absolute atomic E-state index is 6.15. The second-order valence-electron chi connectivity index (χ2n) is 11.4. The Labute approximate surface area is 244 Å². The van der Waals surface area contributed by atoms with Crippen LogP contribution in [0.4, 0.5) is 28.4 Å². The number of furan rings is 1. The summed E-state index contributed by atoms with van der Waals surface area (Å²) in [5.74, 6) is 0. The first-order valence-electron chi connectivity index (χ1n) is 14.4. The van der Waals surface area contributed by atoms with E-state index in [1.54, 1.807) is 0 Å². The molecule has 1 aromatic heterocycles. The van der Waals surface area contributed by atoms with Gasteiger partial charge in [-0.15, -0.1) is 0 Å². The van der Waals surface area contributed by atoms with Gasteiger partial charge in [-0.05, 0) is 77.4 Å². The van der Waals surface area contributed by atoms with E-state index in [2.05, 4.69) is 140 Å². The fraction of sp³-hybridized carbons (Fsp3) is 0.0256. The summed E-state index contributed by atoms with van der Waals surface area (Å²) in [7, 11) is 2.30. The Kier molecular flexibility index (Phi) is 4.76. The summed E-state index contributed by atoms with van der Waals surface area (Å²) >= 11 is 0. The lowest BCUT2D eigenvalue weighted by Crippen LogP contribution is -2.31. The molecular formula is C39H27N2O+. The van der Waals surface area contributed by atoms with E-state index < -0.39 is 0 Å². The van der Waals surface area contributed by atoms with Crippen LogP contribution in [0.1, 0.15) is 11.1 Å². The third kappa shape index (κ3) is 3.26. The molecule has 1 atom stereocenters. The van der Waals surface area contributed by atoms with Crippen LogP contribution < -0.4 is 9.80 Å². The molecule has 0 saturated heterocycles. The fourth-order valence-corrected chi connectivity index (χ4v) is 6.90. The maximum Gasteiger partial charge on any atom is 0.151 e. The predicted octanol–water partition coefficient (Wildman–Crippen LogP) is 11.1. The molecule has 1 unspecified atom stereocenters. The number of para-hydroxylation sites is 3. The van der Waals surface area contributed by atoms with Gasteiger partial charge >= 0.3 is 0 Å².